The van der Waals surface area contributed by atoms with Gasteiger partial charge in [0.15, 0.2) is 0 Å². The minimum Gasteiger partial charge on any atom is -0.489 e. The van der Waals surface area contributed by atoms with Crippen molar-refractivity contribution in [2.45, 2.75) is 83.1 Å². The molecule has 3 aliphatic rings. The molecule has 2 heterocycles. The normalized spacial score (nSPS) is 24.5. The van der Waals surface area contributed by atoms with Crippen LogP contribution in [0, 0.1) is 5.92 Å². The average Bonchev–Trinajstić information content (AvgIpc) is 3.84. The summed E-state index contributed by atoms with van der Waals surface area (Å²) in [6, 6.07) is 15.1. The first-order chi connectivity index (χ1) is 20.3. The first-order valence-electron chi connectivity index (χ1n) is 15.3. The topological polar surface area (TPSA) is 120 Å². The average molecular weight is 579 g/mol. The van der Waals surface area contributed by atoms with Gasteiger partial charge in [-0.15, -0.1) is 0 Å². The molecule has 2 aromatic rings. The maximum atomic E-state index is 13.4. The summed E-state index contributed by atoms with van der Waals surface area (Å²) in [4.78, 5) is 39.8. The van der Waals surface area contributed by atoms with E-state index in [9.17, 15) is 19.5 Å². The summed E-state index contributed by atoms with van der Waals surface area (Å²) in [5, 5.41) is 19.1. The summed E-state index contributed by atoms with van der Waals surface area (Å²) in [5.41, 5.74) is 3.73. The highest BCUT2D eigenvalue weighted by molar-refractivity contribution is 5.92. The van der Waals surface area contributed by atoms with Gasteiger partial charge in [-0.05, 0) is 74.5 Å². The van der Waals surface area contributed by atoms with Crippen LogP contribution in [-0.2, 0) is 33.6 Å². The Morgan fingerprint density at radius 3 is 2.33 bits per heavy atom. The fraction of sp³-hybridized carbons (Fsp3) is 0.545. The van der Waals surface area contributed by atoms with Crippen molar-refractivity contribution in [3.63, 3.8) is 0 Å². The molecule has 228 valence electrons. The van der Waals surface area contributed by atoms with Gasteiger partial charge < -0.3 is 30.7 Å². The Hall–Kier alpha value is -3.43. The van der Waals surface area contributed by atoms with Crippen LogP contribution in [0.5, 0.6) is 5.75 Å². The van der Waals surface area contributed by atoms with Gasteiger partial charge in [0, 0.05) is 20.1 Å². The van der Waals surface area contributed by atoms with E-state index in [1.54, 1.807) is 0 Å². The van der Waals surface area contributed by atoms with Gasteiger partial charge in [-0.25, -0.2) is 0 Å². The summed E-state index contributed by atoms with van der Waals surface area (Å²) in [6.45, 7) is 4.45. The van der Waals surface area contributed by atoms with Gasteiger partial charge in [-0.2, -0.15) is 0 Å². The van der Waals surface area contributed by atoms with E-state index in [0.29, 0.717) is 13.1 Å². The van der Waals surface area contributed by atoms with Crippen molar-refractivity contribution < 1.29 is 24.2 Å². The molecule has 0 radical (unpaired) electrons. The van der Waals surface area contributed by atoms with E-state index in [0.717, 1.165) is 56.3 Å². The number of carbonyl (C=O) groups is 3. The molecule has 0 aromatic heterocycles. The third kappa shape index (κ3) is 8.55. The van der Waals surface area contributed by atoms with Crippen molar-refractivity contribution >= 4 is 17.7 Å². The lowest BCUT2D eigenvalue weighted by Gasteiger charge is -2.34. The van der Waals surface area contributed by atoms with Gasteiger partial charge in [0.1, 0.15) is 17.9 Å². The number of aryl methyl sites for hydroxylation is 3. The number of likely N-dealkylation sites (N-methyl/N-ethyl adjacent to an activating group) is 1. The van der Waals surface area contributed by atoms with E-state index in [2.05, 4.69) is 59.3 Å². The van der Waals surface area contributed by atoms with E-state index in [-0.39, 0.29) is 30.4 Å². The molecular formula is C33H46N4O5. The largest absolute Gasteiger partial charge is 0.489 e. The number of aliphatic hydroxyl groups is 1. The lowest BCUT2D eigenvalue weighted by atomic mass is 9.97. The predicted octanol–water partition coefficient (Wildman–Crippen LogP) is 2.38. The number of para-hydroxylation sites is 1. The summed E-state index contributed by atoms with van der Waals surface area (Å²) in [7, 11) is 1.54. The molecule has 0 saturated heterocycles. The Morgan fingerprint density at radius 1 is 0.976 bits per heavy atom. The lowest BCUT2D eigenvalue weighted by Crippen LogP contribution is -2.59. The smallest absolute Gasteiger partial charge is 0.245 e. The van der Waals surface area contributed by atoms with Crippen LogP contribution in [0.25, 0.3) is 0 Å². The first kappa shape index (κ1) is 31.5. The number of carbonyl (C=O) groups excluding carboxylic acids is 3. The Labute approximate surface area is 249 Å². The van der Waals surface area contributed by atoms with Gasteiger partial charge >= 0.3 is 0 Å². The van der Waals surface area contributed by atoms with E-state index < -0.39 is 24.1 Å². The molecule has 1 fully saturated rings. The summed E-state index contributed by atoms with van der Waals surface area (Å²) < 4.78 is 6.39. The fourth-order valence-corrected chi connectivity index (χ4v) is 5.64. The zero-order valence-electron chi connectivity index (χ0n) is 25.1. The Kier molecular flexibility index (Phi) is 11.4. The predicted molar refractivity (Wildman–Crippen MR) is 162 cm³/mol. The van der Waals surface area contributed by atoms with Crippen LogP contribution in [0.4, 0.5) is 0 Å². The molecule has 9 nitrogen and oxygen atoms in total. The molecule has 2 aliphatic heterocycles. The number of nitrogens with one attached hydrogen (secondary N) is 3. The maximum Gasteiger partial charge on any atom is 0.245 e. The first-order valence-corrected chi connectivity index (χ1v) is 15.3. The van der Waals surface area contributed by atoms with Crippen molar-refractivity contribution in [1.29, 1.82) is 0 Å². The summed E-state index contributed by atoms with van der Waals surface area (Å²) in [5.74, 6) is 0.0489. The number of amides is 3. The molecule has 1 aliphatic carbocycles. The molecule has 42 heavy (non-hydrogen) atoms. The molecule has 3 amide bonds. The van der Waals surface area contributed by atoms with E-state index in [1.165, 1.54) is 30.0 Å². The molecule has 1 saturated carbocycles. The van der Waals surface area contributed by atoms with E-state index >= 15 is 0 Å². The monoisotopic (exact) mass is 578 g/mol. The van der Waals surface area contributed by atoms with Gasteiger partial charge in [0.25, 0.3) is 0 Å². The molecule has 2 bridgehead atoms. The highest BCUT2D eigenvalue weighted by Gasteiger charge is 2.41. The molecule has 2 aromatic carbocycles. The van der Waals surface area contributed by atoms with Crippen molar-refractivity contribution in [3.05, 3.63) is 65.2 Å². The number of ether oxygens (including phenoxy) is 1. The number of hydrogen-bond donors (Lipinski definition) is 4. The molecule has 0 spiro atoms. The number of fused-ring (bicyclic) bond motifs is 1. The molecule has 5 rings (SSSR count). The Bertz CT molecular complexity index is 1200. The number of aliphatic hydroxyl groups excluding tert-OH is 1. The van der Waals surface area contributed by atoms with E-state index in [4.69, 9.17) is 4.74 Å². The van der Waals surface area contributed by atoms with Gasteiger partial charge in [-0.1, -0.05) is 55.5 Å². The maximum absolute atomic E-state index is 13.4. The molecule has 9 heteroatoms. The van der Waals surface area contributed by atoms with Crippen LogP contribution < -0.4 is 20.7 Å². The zero-order chi connectivity index (χ0) is 30.1. The number of benzene rings is 2. The van der Waals surface area contributed by atoms with Crippen LogP contribution in [0.3, 0.4) is 0 Å². The SMILES string of the molecule is CC(O)C1C(=O)NCC(=O)NCCCc2cccc3c2OC(CC3)CNC(C2CC2)C(=O)N1C.CCc1ccccc1. The van der Waals surface area contributed by atoms with E-state index in [1.807, 2.05) is 12.1 Å². The van der Waals surface area contributed by atoms with Crippen LogP contribution in [0.2, 0.25) is 0 Å². The van der Waals surface area contributed by atoms with Crippen LogP contribution in [-0.4, -0.2) is 78.7 Å². The van der Waals surface area contributed by atoms with Gasteiger partial charge in [0.2, 0.25) is 17.7 Å². The van der Waals surface area contributed by atoms with Gasteiger partial charge in [-0.3, -0.25) is 14.4 Å². The molecular weight excluding hydrogens is 532 g/mol. The summed E-state index contributed by atoms with van der Waals surface area (Å²) in [6.07, 6.45) is 5.19. The summed E-state index contributed by atoms with van der Waals surface area (Å²) >= 11 is 0. The Morgan fingerprint density at radius 2 is 1.69 bits per heavy atom. The molecule has 4 atom stereocenters. The number of nitrogens with zero attached hydrogens (tertiary/aromatic N) is 1. The standard InChI is InChI=1S/C25H36N4O5.C8H10/c1-15(30)22-24(32)28-14-20(31)26-12-4-7-17-5-3-6-18-10-11-19(34-23(17)18)13-27-21(16-8-9-16)25(33)29(22)2;1-2-8-6-4-3-5-7-8/h3,5-6,15-16,19,21-22,27,30H,4,7-14H2,1-2H3,(H,26,31)(H,28,32);3-7H,2H2,1H3. The highest BCUT2D eigenvalue weighted by Crippen LogP contribution is 2.35. The number of rotatable bonds is 3. The number of hydrogen-bond acceptors (Lipinski definition) is 6. The van der Waals surface area contributed by atoms with Crippen molar-refractivity contribution in [1.82, 2.24) is 20.9 Å². The lowest BCUT2D eigenvalue weighted by molar-refractivity contribution is -0.145. The second-order valence-electron chi connectivity index (χ2n) is 11.6. The van der Waals surface area contributed by atoms with Crippen molar-refractivity contribution in [2.75, 3.05) is 26.7 Å². The quantitative estimate of drug-likeness (QED) is 0.444. The minimum atomic E-state index is -1.08. The zero-order valence-corrected chi connectivity index (χ0v) is 25.1. The van der Waals surface area contributed by atoms with Crippen molar-refractivity contribution in [3.8, 4) is 5.75 Å². The van der Waals surface area contributed by atoms with Crippen LogP contribution >= 0.6 is 0 Å². The Balaban J connectivity index is 0.000000437. The molecule has 4 unspecified atom stereocenters. The van der Waals surface area contributed by atoms with Crippen LogP contribution in [0.1, 0.15) is 56.2 Å². The molecule has 4 N–H and O–H groups in total. The third-order valence-electron chi connectivity index (χ3n) is 8.23. The minimum absolute atomic E-state index is 0.0533. The fourth-order valence-electron chi connectivity index (χ4n) is 5.64. The van der Waals surface area contributed by atoms with Gasteiger partial charge in [0.05, 0.1) is 18.7 Å². The third-order valence-corrected chi connectivity index (χ3v) is 8.23. The van der Waals surface area contributed by atoms with Crippen LogP contribution in [0.15, 0.2) is 48.5 Å². The second kappa shape index (κ2) is 15.2. The second-order valence-corrected chi connectivity index (χ2v) is 11.6. The van der Waals surface area contributed by atoms with Crippen molar-refractivity contribution in [2.24, 2.45) is 5.92 Å². The highest BCUT2D eigenvalue weighted by atomic mass is 16.5.